The molecule has 1 atom stereocenters. The minimum absolute atomic E-state index is 0.0178. The normalized spacial score (nSPS) is 15.6. The van der Waals surface area contributed by atoms with E-state index >= 15 is 0 Å². The van der Waals surface area contributed by atoms with Crippen molar-refractivity contribution >= 4 is 21.6 Å². The molecule has 1 amide bonds. The summed E-state index contributed by atoms with van der Waals surface area (Å²) in [6.07, 6.45) is 2.68. The number of benzene rings is 2. The van der Waals surface area contributed by atoms with E-state index < -0.39 is 10.0 Å². The number of hydrogen-bond donors (Lipinski definition) is 1. The number of carbonyl (C=O) groups excluding carboxylic acids is 1. The van der Waals surface area contributed by atoms with Crippen molar-refractivity contribution in [2.75, 3.05) is 10.8 Å². The lowest BCUT2D eigenvalue weighted by Crippen LogP contribution is -2.44. The average molecular weight is 387 g/mol. The third-order valence-corrected chi connectivity index (χ3v) is 6.72. The minimum atomic E-state index is -3.79. The van der Waals surface area contributed by atoms with Gasteiger partial charge in [-0.05, 0) is 43.5 Å². The fourth-order valence-corrected chi connectivity index (χ4v) is 5.17. The fraction of sp³-hybridized carbons (Fsp3) is 0.381. The highest BCUT2D eigenvalue weighted by molar-refractivity contribution is 7.93. The van der Waals surface area contributed by atoms with E-state index in [4.69, 9.17) is 0 Å². The number of rotatable bonds is 6. The number of carbonyl (C=O) groups is 1. The van der Waals surface area contributed by atoms with E-state index in [1.54, 1.807) is 12.1 Å². The summed E-state index contributed by atoms with van der Waals surface area (Å²) < 4.78 is 27.7. The zero-order chi connectivity index (χ0) is 19.6. The molecule has 0 aromatic heterocycles. The first kappa shape index (κ1) is 19.4. The van der Waals surface area contributed by atoms with E-state index in [2.05, 4.69) is 19.2 Å². The Hall–Kier alpha value is -2.34. The summed E-state index contributed by atoms with van der Waals surface area (Å²) in [5.41, 5.74) is 3.24. The first-order valence-electron chi connectivity index (χ1n) is 9.42. The second-order valence-electron chi connectivity index (χ2n) is 6.97. The van der Waals surface area contributed by atoms with Crippen molar-refractivity contribution in [3.63, 3.8) is 0 Å². The number of sulfonamides is 1. The molecule has 0 bridgehead atoms. The van der Waals surface area contributed by atoms with Crippen LogP contribution in [0.4, 0.5) is 5.69 Å². The van der Waals surface area contributed by atoms with Crippen LogP contribution in [0.15, 0.2) is 47.4 Å². The molecule has 3 rings (SSSR count). The van der Waals surface area contributed by atoms with Crippen LogP contribution in [0.2, 0.25) is 0 Å². The number of nitrogens with one attached hydrogen (secondary N) is 1. The molecule has 1 aliphatic rings. The highest BCUT2D eigenvalue weighted by Gasteiger charge is 2.36. The van der Waals surface area contributed by atoms with Crippen molar-refractivity contribution in [1.82, 2.24) is 5.32 Å². The Bertz CT molecular complexity index is 954. The van der Waals surface area contributed by atoms with Gasteiger partial charge in [0.1, 0.15) is 6.54 Å². The zero-order valence-electron chi connectivity index (χ0n) is 16.0. The quantitative estimate of drug-likeness (QED) is 0.823. The van der Waals surface area contributed by atoms with E-state index in [1.165, 1.54) is 4.31 Å². The third-order valence-electron chi connectivity index (χ3n) is 4.90. The van der Waals surface area contributed by atoms with Gasteiger partial charge in [-0.2, -0.15) is 0 Å². The van der Waals surface area contributed by atoms with Crippen LogP contribution < -0.4 is 9.62 Å². The molecule has 5 nitrogen and oxygen atoms in total. The summed E-state index contributed by atoms with van der Waals surface area (Å²) >= 11 is 0. The molecular formula is C21H26N2O3S. The van der Waals surface area contributed by atoms with Crippen molar-refractivity contribution in [3.05, 3.63) is 48.0 Å². The van der Waals surface area contributed by atoms with E-state index in [0.29, 0.717) is 11.3 Å². The van der Waals surface area contributed by atoms with Crippen LogP contribution in [-0.4, -0.2) is 26.9 Å². The Morgan fingerprint density at radius 2 is 1.85 bits per heavy atom. The Kier molecular flexibility index (Phi) is 5.56. The predicted molar refractivity (Wildman–Crippen MR) is 108 cm³/mol. The topological polar surface area (TPSA) is 66.5 Å². The van der Waals surface area contributed by atoms with Crippen molar-refractivity contribution in [1.29, 1.82) is 0 Å². The summed E-state index contributed by atoms with van der Waals surface area (Å²) in [7, 11) is -3.79. The Labute approximate surface area is 161 Å². The molecule has 0 radical (unpaired) electrons. The highest BCUT2D eigenvalue weighted by Crippen LogP contribution is 2.43. The lowest BCUT2D eigenvalue weighted by atomic mass is 9.99. The molecule has 144 valence electrons. The largest absolute Gasteiger partial charge is 0.352 e. The van der Waals surface area contributed by atoms with Gasteiger partial charge in [0.05, 0.1) is 10.6 Å². The smallest absolute Gasteiger partial charge is 0.265 e. The summed E-state index contributed by atoms with van der Waals surface area (Å²) in [4.78, 5) is 12.8. The molecule has 1 heterocycles. The molecule has 6 heteroatoms. The highest BCUT2D eigenvalue weighted by atomic mass is 32.2. The van der Waals surface area contributed by atoms with Crippen LogP contribution in [0.1, 0.15) is 39.2 Å². The van der Waals surface area contributed by atoms with Crippen molar-refractivity contribution in [3.8, 4) is 11.1 Å². The Morgan fingerprint density at radius 1 is 1.11 bits per heavy atom. The number of nitrogens with zero attached hydrogens (tertiary/aromatic N) is 1. The van der Waals surface area contributed by atoms with Crippen molar-refractivity contribution in [2.24, 2.45) is 0 Å². The van der Waals surface area contributed by atoms with Crippen LogP contribution in [-0.2, 0) is 21.2 Å². The van der Waals surface area contributed by atoms with Gasteiger partial charge in [-0.3, -0.25) is 9.10 Å². The van der Waals surface area contributed by atoms with Gasteiger partial charge in [0.25, 0.3) is 10.0 Å². The molecule has 0 aliphatic carbocycles. The molecule has 2 aromatic rings. The second kappa shape index (κ2) is 7.72. The van der Waals surface area contributed by atoms with Crippen LogP contribution in [0.25, 0.3) is 11.1 Å². The van der Waals surface area contributed by atoms with Gasteiger partial charge in [0.15, 0.2) is 0 Å². The molecule has 27 heavy (non-hydrogen) atoms. The van der Waals surface area contributed by atoms with Crippen molar-refractivity contribution in [2.45, 2.75) is 51.0 Å². The van der Waals surface area contributed by atoms with E-state index in [1.807, 2.05) is 37.3 Å². The van der Waals surface area contributed by atoms with Crippen LogP contribution in [0, 0.1) is 0 Å². The summed E-state index contributed by atoms with van der Waals surface area (Å²) in [6.45, 7) is 5.83. The van der Waals surface area contributed by atoms with Crippen LogP contribution in [0.5, 0.6) is 0 Å². The number of hydrogen-bond acceptors (Lipinski definition) is 3. The van der Waals surface area contributed by atoms with Gasteiger partial charge in [-0.15, -0.1) is 0 Å². The maximum atomic E-state index is 13.2. The molecule has 0 saturated heterocycles. The van der Waals surface area contributed by atoms with E-state index in [9.17, 15) is 13.2 Å². The maximum Gasteiger partial charge on any atom is 0.265 e. The minimum Gasteiger partial charge on any atom is -0.352 e. The number of anilines is 1. The lowest BCUT2D eigenvalue weighted by molar-refractivity contribution is -0.120. The maximum absolute atomic E-state index is 13.2. The first-order valence-corrected chi connectivity index (χ1v) is 10.9. The number of fused-ring (bicyclic) bond motifs is 3. The van der Waals surface area contributed by atoms with Crippen LogP contribution >= 0.6 is 0 Å². The summed E-state index contributed by atoms with van der Waals surface area (Å²) in [5, 5.41) is 2.90. The Morgan fingerprint density at radius 3 is 2.56 bits per heavy atom. The average Bonchev–Trinajstić information content (AvgIpc) is 2.65. The second-order valence-corrected chi connectivity index (χ2v) is 8.80. The van der Waals surface area contributed by atoms with Gasteiger partial charge in [0, 0.05) is 17.2 Å². The monoisotopic (exact) mass is 386 g/mol. The standard InChI is InChI=1S/C21H26N2O3S/c1-4-8-15(3)22-21(24)14-23-19-12-11-16(5-2)13-18(19)17-9-6-7-10-20(17)27(23,25)26/h6-7,9-13,15H,4-5,8,14H2,1-3H3,(H,22,24)/t15-/m0/s1. The molecular weight excluding hydrogens is 360 g/mol. The van der Waals surface area contributed by atoms with Gasteiger partial charge in [-0.1, -0.05) is 44.5 Å². The van der Waals surface area contributed by atoms with Gasteiger partial charge < -0.3 is 5.32 Å². The molecule has 1 aliphatic heterocycles. The summed E-state index contributed by atoms with van der Waals surface area (Å²) in [6, 6.07) is 12.8. The van der Waals surface area contributed by atoms with Gasteiger partial charge in [0.2, 0.25) is 5.91 Å². The predicted octanol–water partition coefficient (Wildman–Crippen LogP) is 3.73. The third kappa shape index (κ3) is 3.72. The summed E-state index contributed by atoms with van der Waals surface area (Å²) in [5.74, 6) is -0.288. The molecule has 2 aromatic carbocycles. The van der Waals surface area contributed by atoms with E-state index in [-0.39, 0.29) is 23.4 Å². The molecule has 1 N–H and O–H groups in total. The first-order chi connectivity index (χ1) is 12.9. The zero-order valence-corrected chi connectivity index (χ0v) is 16.8. The molecule has 0 spiro atoms. The van der Waals surface area contributed by atoms with Crippen LogP contribution in [0.3, 0.4) is 0 Å². The van der Waals surface area contributed by atoms with E-state index in [0.717, 1.165) is 30.4 Å². The molecule has 0 saturated carbocycles. The molecule has 0 fully saturated rings. The number of amides is 1. The SMILES string of the molecule is CCC[C@H](C)NC(=O)CN1c2ccc(CC)cc2-c2ccccc2S1(=O)=O. The lowest BCUT2D eigenvalue weighted by Gasteiger charge is -2.32. The fourth-order valence-electron chi connectivity index (χ4n) is 3.52. The van der Waals surface area contributed by atoms with Crippen molar-refractivity contribution < 1.29 is 13.2 Å². The number of aryl methyl sites for hydroxylation is 1. The van der Waals surface area contributed by atoms with Gasteiger partial charge >= 0.3 is 0 Å². The van der Waals surface area contributed by atoms with Gasteiger partial charge in [-0.25, -0.2) is 8.42 Å². The Balaban J connectivity index is 2.04. The molecule has 0 unspecified atom stereocenters.